The van der Waals surface area contributed by atoms with E-state index in [4.69, 9.17) is 14.2 Å². The Hall–Kier alpha value is -3.10. The van der Waals surface area contributed by atoms with Crippen LogP contribution in [0.15, 0.2) is 33.9 Å². The van der Waals surface area contributed by atoms with Crippen molar-refractivity contribution in [1.82, 2.24) is 14.3 Å². The summed E-state index contributed by atoms with van der Waals surface area (Å²) in [6, 6.07) is 7.69. The molecule has 0 radical (unpaired) electrons. The lowest BCUT2D eigenvalue weighted by Crippen LogP contribution is -2.40. The van der Waals surface area contributed by atoms with E-state index in [2.05, 4.69) is 12.0 Å². The Morgan fingerprint density at radius 2 is 1.86 bits per heavy atom. The van der Waals surface area contributed by atoms with Gasteiger partial charge in [-0.15, -0.1) is 5.10 Å². The van der Waals surface area contributed by atoms with Gasteiger partial charge in [0, 0.05) is 20.0 Å². The molecule has 0 aliphatic rings. The van der Waals surface area contributed by atoms with Crippen LogP contribution in [0.4, 0.5) is 0 Å². The van der Waals surface area contributed by atoms with Gasteiger partial charge in [-0.1, -0.05) is 51.7 Å². The van der Waals surface area contributed by atoms with Crippen molar-refractivity contribution >= 4 is 5.97 Å². The van der Waals surface area contributed by atoms with E-state index in [1.807, 2.05) is 31.2 Å². The normalized spacial score (nSPS) is 11.8. The number of aromatic nitrogens is 3. The number of nitrogens with zero attached hydrogens (tertiary/aromatic N) is 3. The summed E-state index contributed by atoms with van der Waals surface area (Å²) in [5.74, 6) is 0.402. The molecule has 9 heteroatoms. The minimum atomic E-state index is -0.523. The number of hydrogen-bond donors (Lipinski definition) is 0. The predicted molar refractivity (Wildman–Crippen MR) is 134 cm³/mol. The summed E-state index contributed by atoms with van der Waals surface area (Å²) in [6.07, 6.45) is 6.77. The van der Waals surface area contributed by atoms with E-state index < -0.39 is 11.2 Å². The van der Waals surface area contributed by atoms with E-state index in [-0.39, 0.29) is 24.6 Å². The molecule has 9 nitrogen and oxygen atoms in total. The van der Waals surface area contributed by atoms with Crippen molar-refractivity contribution < 1.29 is 19.0 Å². The highest BCUT2D eigenvalue weighted by Gasteiger charge is 2.12. The zero-order chi connectivity index (χ0) is 25.6. The minimum absolute atomic E-state index is 0.0480. The van der Waals surface area contributed by atoms with E-state index in [1.54, 1.807) is 6.92 Å². The summed E-state index contributed by atoms with van der Waals surface area (Å²) >= 11 is 0. The van der Waals surface area contributed by atoms with Crippen LogP contribution in [0.1, 0.15) is 71.3 Å². The number of hydrogen-bond acceptors (Lipinski definition) is 7. The molecule has 0 aliphatic carbocycles. The number of rotatable bonds is 16. The molecule has 194 valence electrons. The molecule has 2 aromatic rings. The molecule has 0 amide bonds. The maximum atomic E-state index is 12.4. The van der Waals surface area contributed by atoms with Crippen LogP contribution in [0.3, 0.4) is 0 Å². The van der Waals surface area contributed by atoms with Crippen LogP contribution in [0, 0.1) is 0 Å². The molecule has 0 fully saturated rings. The lowest BCUT2D eigenvalue weighted by atomic mass is 10.1. The lowest BCUT2D eigenvalue weighted by Gasteiger charge is -2.15. The molecule has 0 bridgehead atoms. The van der Waals surface area contributed by atoms with Crippen molar-refractivity contribution in [2.24, 2.45) is 7.05 Å². The van der Waals surface area contributed by atoms with E-state index in [9.17, 15) is 14.4 Å². The van der Waals surface area contributed by atoms with Crippen molar-refractivity contribution in [3.8, 4) is 11.6 Å². The number of esters is 1. The molecule has 1 aromatic heterocycles. The Morgan fingerprint density at radius 1 is 1.09 bits per heavy atom. The van der Waals surface area contributed by atoms with Crippen LogP contribution >= 0.6 is 0 Å². The van der Waals surface area contributed by atoms with Crippen LogP contribution in [0.5, 0.6) is 11.6 Å². The second-order valence-corrected chi connectivity index (χ2v) is 8.65. The standard InChI is InChI=1S/C26H39N3O6/c1-5-7-8-9-10-16-29-26(32)28(4)25(31)24(27-29)33-17-12-14-21-13-11-15-22(18-21)35-20(3)19-34-23(30)6-2/h11,13,15,18,20H,5-10,12,14,16-17,19H2,1-4H3. The highest BCUT2D eigenvalue weighted by Crippen LogP contribution is 2.16. The summed E-state index contributed by atoms with van der Waals surface area (Å²) in [5.41, 5.74) is 0.112. The van der Waals surface area contributed by atoms with Crippen molar-refractivity contribution in [2.45, 2.75) is 84.8 Å². The first kappa shape index (κ1) is 28.1. The second kappa shape index (κ2) is 15.0. The van der Waals surface area contributed by atoms with Gasteiger partial charge < -0.3 is 14.2 Å². The van der Waals surface area contributed by atoms with E-state index in [0.717, 1.165) is 35.8 Å². The van der Waals surface area contributed by atoms with Gasteiger partial charge in [0.2, 0.25) is 0 Å². The van der Waals surface area contributed by atoms with Gasteiger partial charge in [0.15, 0.2) is 0 Å². The lowest BCUT2D eigenvalue weighted by molar-refractivity contribution is -0.145. The van der Waals surface area contributed by atoms with Crippen LogP contribution < -0.4 is 20.7 Å². The second-order valence-electron chi connectivity index (χ2n) is 8.65. The molecule has 35 heavy (non-hydrogen) atoms. The van der Waals surface area contributed by atoms with Crippen molar-refractivity contribution in [3.63, 3.8) is 0 Å². The first-order valence-electron chi connectivity index (χ1n) is 12.6. The number of aryl methyl sites for hydroxylation is 2. The molecule has 2 rings (SSSR count). The highest BCUT2D eigenvalue weighted by molar-refractivity contribution is 5.68. The fourth-order valence-electron chi connectivity index (χ4n) is 3.50. The fraction of sp³-hybridized carbons (Fsp3) is 0.615. The quantitative estimate of drug-likeness (QED) is 0.262. The van der Waals surface area contributed by atoms with Crippen molar-refractivity contribution in [3.05, 3.63) is 50.7 Å². The summed E-state index contributed by atoms with van der Waals surface area (Å²) in [7, 11) is 1.45. The zero-order valence-corrected chi connectivity index (χ0v) is 21.5. The summed E-state index contributed by atoms with van der Waals surface area (Å²) in [6.45, 7) is 6.72. The molecule has 1 heterocycles. The molecule has 0 saturated heterocycles. The number of benzene rings is 1. The fourth-order valence-corrected chi connectivity index (χ4v) is 3.50. The van der Waals surface area contributed by atoms with Crippen molar-refractivity contribution in [1.29, 1.82) is 0 Å². The van der Waals surface area contributed by atoms with Crippen LogP contribution in [0.25, 0.3) is 0 Å². The number of carbonyl (C=O) groups excluding carboxylic acids is 1. The maximum Gasteiger partial charge on any atom is 0.347 e. The van der Waals surface area contributed by atoms with Crippen molar-refractivity contribution in [2.75, 3.05) is 13.2 Å². The highest BCUT2D eigenvalue weighted by atomic mass is 16.6. The number of ether oxygens (including phenoxy) is 3. The summed E-state index contributed by atoms with van der Waals surface area (Å²) in [5, 5.41) is 4.17. The molecule has 1 atom stereocenters. The average Bonchev–Trinajstić information content (AvgIpc) is 2.85. The van der Waals surface area contributed by atoms with Crippen LogP contribution in [-0.2, 0) is 29.5 Å². The number of unbranched alkanes of at least 4 members (excludes halogenated alkanes) is 4. The van der Waals surface area contributed by atoms with Gasteiger partial charge in [0.05, 0.1) is 6.61 Å². The molecule has 1 aromatic carbocycles. The van der Waals surface area contributed by atoms with Gasteiger partial charge in [-0.25, -0.2) is 9.48 Å². The maximum absolute atomic E-state index is 12.4. The SMILES string of the molecule is CCCCCCCn1nc(OCCCc2cccc(OC(C)COC(=O)CC)c2)c(=O)n(C)c1=O. The zero-order valence-electron chi connectivity index (χ0n) is 21.5. The van der Waals surface area contributed by atoms with E-state index in [0.29, 0.717) is 38.2 Å². The third kappa shape index (κ3) is 9.58. The molecule has 0 saturated carbocycles. The third-order valence-electron chi connectivity index (χ3n) is 5.53. The molecule has 0 aliphatic heterocycles. The van der Waals surface area contributed by atoms with Gasteiger partial charge in [0.1, 0.15) is 18.5 Å². The Kier molecular flexibility index (Phi) is 12.1. The molecule has 1 unspecified atom stereocenters. The minimum Gasteiger partial charge on any atom is -0.487 e. The largest absolute Gasteiger partial charge is 0.487 e. The third-order valence-corrected chi connectivity index (χ3v) is 5.53. The first-order chi connectivity index (χ1) is 16.8. The number of carbonyl (C=O) groups is 1. The van der Waals surface area contributed by atoms with Gasteiger partial charge in [-0.2, -0.15) is 0 Å². The monoisotopic (exact) mass is 489 g/mol. The Morgan fingerprint density at radius 3 is 2.60 bits per heavy atom. The molecular formula is C26H39N3O6. The van der Waals surface area contributed by atoms with Gasteiger partial charge in [0.25, 0.3) is 5.88 Å². The van der Waals surface area contributed by atoms with Gasteiger partial charge in [-0.3, -0.25) is 14.2 Å². The first-order valence-corrected chi connectivity index (χ1v) is 12.6. The predicted octanol–water partition coefficient (Wildman–Crippen LogP) is 3.64. The van der Waals surface area contributed by atoms with E-state index in [1.165, 1.54) is 18.2 Å². The molecule has 0 N–H and O–H groups in total. The van der Waals surface area contributed by atoms with Gasteiger partial charge in [-0.05, 0) is 43.9 Å². The van der Waals surface area contributed by atoms with E-state index >= 15 is 0 Å². The molecular weight excluding hydrogens is 450 g/mol. The smallest absolute Gasteiger partial charge is 0.347 e. The summed E-state index contributed by atoms with van der Waals surface area (Å²) < 4.78 is 19.0. The van der Waals surface area contributed by atoms with Crippen LogP contribution in [0.2, 0.25) is 0 Å². The van der Waals surface area contributed by atoms with Gasteiger partial charge >= 0.3 is 17.2 Å². The topological polar surface area (TPSA) is 102 Å². The Bertz CT molecular complexity index is 1050. The van der Waals surface area contributed by atoms with Crippen LogP contribution in [-0.4, -0.2) is 39.6 Å². The summed E-state index contributed by atoms with van der Waals surface area (Å²) in [4.78, 5) is 36.0. The Labute approximate surface area is 207 Å². The average molecular weight is 490 g/mol. The Balaban J connectivity index is 1.86. The molecule has 0 spiro atoms.